The summed E-state index contributed by atoms with van der Waals surface area (Å²) >= 11 is 2.34. The SMILES string of the molecule is C=CC[C@@](I)(Oc1ccc(C(=O)c2cc(CCCC(=O)O)n3ccccc23)cc1)c1ccc(CC(C)C)cc1. The van der Waals surface area contributed by atoms with Crippen LogP contribution in [0.15, 0.2) is 91.6 Å². The molecule has 4 aromatic rings. The highest BCUT2D eigenvalue weighted by atomic mass is 127. The number of benzene rings is 2. The quantitative estimate of drug-likeness (QED) is 0.0700. The largest absolute Gasteiger partial charge is 0.481 e. The van der Waals surface area contributed by atoms with Crippen molar-refractivity contribution in [3.63, 3.8) is 0 Å². The lowest BCUT2D eigenvalue weighted by Crippen LogP contribution is -2.25. The maximum absolute atomic E-state index is 13.5. The molecule has 0 aliphatic rings. The summed E-state index contributed by atoms with van der Waals surface area (Å²) in [5.74, 6) is 0.369. The van der Waals surface area contributed by atoms with Crippen LogP contribution in [0.1, 0.15) is 65.9 Å². The Bertz CT molecular complexity index is 1450. The van der Waals surface area contributed by atoms with Crippen molar-refractivity contribution in [2.24, 2.45) is 5.92 Å². The number of aliphatic carboxylic acids is 1. The molecule has 2 heterocycles. The molecule has 1 atom stereocenters. The van der Waals surface area contributed by atoms with E-state index in [0.717, 1.165) is 23.2 Å². The van der Waals surface area contributed by atoms with Gasteiger partial charge in [-0.05, 0) is 95.8 Å². The van der Waals surface area contributed by atoms with E-state index in [4.69, 9.17) is 9.84 Å². The summed E-state index contributed by atoms with van der Waals surface area (Å²) in [6, 6.07) is 23.4. The maximum atomic E-state index is 13.5. The lowest BCUT2D eigenvalue weighted by atomic mass is 9.99. The van der Waals surface area contributed by atoms with Crippen LogP contribution in [0.5, 0.6) is 5.75 Å². The van der Waals surface area contributed by atoms with Gasteiger partial charge >= 0.3 is 5.97 Å². The number of carboxylic acids is 1. The monoisotopic (exact) mass is 635 g/mol. The first-order valence-electron chi connectivity index (χ1n) is 13.2. The summed E-state index contributed by atoms with van der Waals surface area (Å²) in [6.07, 6.45) is 6.62. The van der Waals surface area contributed by atoms with E-state index in [2.05, 4.69) is 67.3 Å². The number of fused-ring (bicyclic) bond motifs is 1. The Balaban J connectivity index is 1.54. The van der Waals surface area contributed by atoms with Crippen molar-refractivity contribution in [2.75, 3.05) is 0 Å². The van der Waals surface area contributed by atoms with E-state index in [-0.39, 0.29) is 12.2 Å². The Kier molecular flexibility index (Phi) is 9.28. The topological polar surface area (TPSA) is 68.0 Å². The van der Waals surface area contributed by atoms with Crippen molar-refractivity contribution >= 4 is 39.9 Å². The van der Waals surface area contributed by atoms with Crippen LogP contribution >= 0.6 is 22.6 Å². The fourth-order valence-electron chi connectivity index (χ4n) is 4.80. The molecule has 0 spiro atoms. The molecule has 5 nitrogen and oxygen atoms in total. The smallest absolute Gasteiger partial charge is 0.303 e. The van der Waals surface area contributed by atoms with Gasteiger partial charge in [-0.2, -0.15) is 0 Å². The van der Waals surface area contributed by atoms with Gasteiger partial charge in [-0.1, -0.05) is 50.3 Å². The predicted octanol–water partition coefficient (Wildman–Crippen LogP) is 8.02. The number of halogens is 1. The normalized spacial score (nSPS) is 12.8. The molecule has 0 fully saturated rings. The van der Waals surface area contributed by atoms with Crippen LogP contribution in [0, 0.1) is 5.92 Å². The van der Waals surface area contributed by atoms with E-state index < -0.39 is 9.58 Å². The second-order valence-electron chi connectivity index (χ2n) is 10.2. The summed E-state index contributed by atoms with van der Waals surface area (Å²) in [5, 5.41) is 9.00. The number of ether oxygens (including phenoxy) is 1. The Morgan fingerprint density at radius 1 is 1.08 bits per heavy atom. The Morgan fingerprint density at radius 2 is 1.79 bits per heavy atom. The average Bonchev–Trinajstić information content (AvgIpc) is 3.27. The average molecular weight is 636 g/mol. The minimum atomic E-state index is -0.818. The number of hydrogen-bond acceptors (Lipinski definition) is 3. The number of carboxylic acid groups (broad SMARTS) is 1. The highest BCUT2D eigenvalue weighted by Gasteiger charge is 2.30. The zero-order valence-corrected chi connectivity index (χ0v) is 24.6. The molecule has 1 N–H and O–H groups in total. The van der Waals surface area contributed by atoms with Gasteiger partial charge in [0.15, 0.2) is 9.39 Å². The zero-order valence-electron chi connectivity index (χ0n) is 22.4. The predicted molar refractivity (Wildman–Crippen MR) is 164 cm³/mol. The summed E-state index contributed by atoms with van der Waals surface area (Å²) in [5.41, 5.74) is 5.27. The molecular weight excluding hydrogens is 601 g/mol. The molecule has 6 heteroatoms. The molecule has 4 rings (SSSR count). The highest BCUT2D eigenvalue weighted by molar-refractivity contribution is 14.1. The van der Waals surface area contributed by atoms with Crippen molar-refractivity contribution in [3.05, 3.63) is 120 Å². The van der Waals surface area contributed by atoms with E-state index in [0.29, 0.717) is 42.1 Å². The van der Waals surface area contributed by atoms with Gasteiger partial charge in [0.2, 0.25) is 0 Å². The molecule has 0 bridgehead atoms. The van der Waals surface area contributed by atoms with E-state index in [1.54, 1.807) is 12.1 Å². The second kappa shape index (κ2) is 12.6. The van der Waals surface area contributed by atoms with Gasteiger partial charge in [0, 0.05) is 41.4 Å². The number of rotatable bonds is 13. The van der Waals surface area contributed by atoms with Crippen molar-refractivity contribution in [1.82, 2.24) is 4.40 Å². The zero-order chi connectivity index (χ0) is 28.0. The molecule has 0 saturated heterocycles. The van der Waals surface area contributed by atoms with Crippen LogP contribution in [0.2, 0.25) is 0 Å². The standard InChI is InChI=1S/C33H34INO4/c1-4-19-33(34,26-15-11-24(12-16-26)21-23(2)3)39-28-17-13-25(14-18-28)32(38)29-22-27(8-7-10-31(36)37)35-20-6-5-9-30(29)35/h4-6,9,11-18,20,22-23H,1,7-8,10,19,21H2,2-3H3,(H,36,37)/t33-/m1/s1. The third kappa shape index (κ3) is 6.98. The van der Waals surface area contributed by atoms with Crippen LogP contribution in [0.25, 0.3) is 5.52 Å². The molecule has 0 saturated carbocycles. The molecule has 2 aromatic heterocycles. The molecule has 0 aliphatic heterocycles. The molecule has 39 heavy (non-hydrogen) atoms. The summed E-state index contributed by atoms with van der Waals surface area (Å²) < 4.78 is 7.83. The minimum Gasteiger partial charge on any atom is -0.481 e. The number of ketones is 1. The first-order valence-corrected chi connectivity index (χ1v) is 14.3. The number of hydrogen-bond donors (Lipinski definition) is 1. The van der Waals surface area contributed by atoms with Crippen LogP contribution in [0.4, 0.5) is 0 Å². The van der Waals surface area contributed by atoms with Crippen LogP contribution in [-0.4, -0.2) is 21.3 Å². The van der Waals surface area contributed by atoms with E-state index in [1.807, 2.05) is 53.1 Å². The van der Waals surface area contributed by atoms with Gasteiger partial charge in [0.25, 0.3) is 0 Å². The fourth-order valence-corrected chi connectivity index (χ4v) is 5.73. The van der Waals surface area contributed by atoms with Crippen molar-refractivity contribution in [2.45, 2.75) is 49.6 Å². The molecule has 0 aliphatic carbocycles. The van der Waals surface area contributed by atoms with Crippen LogP contribution in [0.3, 0.4) is 0 Å². The second-order valence-corrected chi connectivity index (χ2v) is 12.0. The highest BCUT2D eigenvalue weighted by Crippen LogP contribution is 2.39. The van der Waals surface area contributed by atoms with E-state index >= 15 is 0 Å². The number of aryl methyl sites for hydroxylation is 1. The van der Waals surface area contributed by atoms with Crippen molar-refractivity contribution < 1.29 is 19.4 Å². The maximum Gasteiger partial charge on any atom is 0.303 e. The molecular formula is C33H34INO4. The molecule has 0 radical (unpaired) electrons. The third-order valence-electron chi connectivity index (χ3n) is 6.66. The Labute approximate surface area is 243 Å². The number of alkyl halides is 1. The molecule has 0 amide bonds. The van der Waals surface area contributed by atoms with Gasteiger partial charge in [-0.15, -0.1) is 6.58 Å². The van der Waals surface area contributed by atoms with Crippen molar-refractivity contribution in [3.8, 4) is 5.75 Å². The number of carbonyl (C=O) groups excluding carboxylic acids is 1. The third-order valence-corrected chi connectivity index (χ3v) is 7.94. The lowest BCUT2D eigenvalue weighted by molar-refractivity contribution is -0.137. The molecule has 2 aromatic carbocycles. The van der Waals surface area contributed by atoms with Gasteiger partial charge in [-0.3, -0.25) is 9.59 Å². The van der Waals surface area contributed by atoms with Crippen LogP contribution in [-0.2, 0) is 21.2 Å². The molecule has 202 valence electrons. The number of pyridine rings is 1. The van der Waals surface area contributed by atoms with Gasteiger partial charge in [0.05, 0.1) is 5.52 Å². The summed E-state index contributed by atoms with van der Waals surface area (Å²) in [6.45, 7) is 8.36. The molecule has 0 unspecified atom stereocenters. The van der Waals surface area contributed by atoms with Gasteiger partial charge in [0.1, 0.15) is 5.75 Å². The Morgan fingerprint density at radius 3 is 2.44 bits per heavy atom. The van der Waals surface area contributed by atoms with E-state index in [1.165, 1.54) is 5.56 Å². The summed E-state index contributed by atoms with van der Waals surface area (Å²) in [7, 11) is 0. The fraction of sp³-hybridized carbons (Fsp3) is 0.273. The van der Waals surface area contributed by atoms with Gasteiger partial charge < -0.3 is 14.2 Å². The Hall–Kier alpha value is -3.39. The van der Waals surface area contributed by atoms with Crippen LogP contribution < -0.4 is 4.74 Å². The summed E-state index contributed by atoms with van der Waals surface area (Å²) in [4.78, 5) is 24.5. The first kappa shape index (κ1) is 28.6. The first-order chi connectivity index (χ1) is 18.7. The number of aromatic nitrogens is 1. The lowest BCUT2D eigenvalue weighted by Gasteiger charge is -2.29. The minimum absolute atomic E-state index is 0.0812. The van der Waals surface area contributed by atoms with E-state index in [9.17, 15) is 9.59 Å². The van der Waals surface area contributed by atoms with Gasteiger partial charge in [-0.25, -0.2) is 0 Å². The number of nitrogens with zero attached hydrogens (tertiary/aromatic N) is 1. The van der Waals surface area contributed by atoms with Crippen molar-refractivity contribution in [1.29, 1.82) is 0 Å². The number of carbonyl (C=O) groups is 2.